The first-order chi connectivity index (χ1) is 15.9. The summed E-state index contributed by atoms with van der Waals surface area (Å²) in [5.41, 5.74) is 2.50. The molecule has 0 saturated heterocycles. The Hall–Kier alpha value is -3.59. The highest BCUT2D eigenvalue weighted by Gasteiger charge is 2.32. The topological polar surface area (TPSA) is 59.5 Å². The monoisotopic (exact) mass is 456 g/mol. The van der Waals surface area contributed by atoms with E-state index in [1.54, 1.807) is 18.3 Å². The second kappa shape index (κ2) is 9.91. The molecule has 2 aromatic carbocycles. The maximum absolute atomic E-state index is 12.9. The molecular formula is C24H23F3N4O2. The van der Waals surface area contributed by atoms with Crippen LogP contribution in [0.15, 0.2) is 66.9 Å². The maximum atomic E-state index is 12.9. The van der Waals surface area contributed by atoms with Gasteiger partial charge in [0.15, 0.2) is 0 Å². The number of alkyl halides is 3. The Balaban J connectivity index is 1.70. The molecule has 3 aromatic rings. The van der Waals surface area contributed by atoms with E-state index < -0.39 is 6.36 Å². The van der Waals surface area contributed by atoms with E-state index in [-0.39, 0.29) is 12.3 Å². The molecule has 1 aliphatic heterocycles. The van der Waals surface area contributed by atoms with Crippen molar-refractivity contribution in [2.75, 3.05) is 25.5 Å². The van der Waals surface area contributed by atoms with E-state index in [9.17, 15) is 13.2 Å². The second-order valence-corrected chi connectivity index (χ2v) is 7.59. The number of likely N-dealkylation sites (N-methyl/N-ethyl adjacent to an activating group) is 1. The first-order valence-corrected chi connectivity index (χ1v) is 10.4. The molecule has 0 fully saturated rings. The van der Waals surface area contributed by atoms with E-state index in [2.05, 4.69) is 20.0 Å². The van der Waals surface area contributed by atoms with Gasteiger partial charge in [-0.15, -0.1) is 13.2 Å². The number of halogens is 3. The van der Waals surface area contributed by atoms with Crippen molar-refractivity contribution >= 4 is 11.6 Å². The fourth-order valence-electron chi connectivity index (χ4n) is 3.43. The van der Waals surface area contributed by atoms with Crippen LogP contribution in [0.3, 0.4) is 0 Å². The number of hydrogen-bond donors (Lipinski definition) is 1. The third-order valence-electron chi connectivity index (χ3n) is 4.90. The van der Waals surface area contributed by atoms with Gasteiger partial charge >= 0.3 is 6.36 Å². The average Bonchev–Trinajstić information content (AvgIpc) is 2.77. The summed E-state index contributed by atoms with van der Waals surface area (Å²) < 4.78 is 48.8. The van der Waals surface area contributed by atoms with Crippen molar-refractivity contribution in [2.24, 2.45) is 0 Å². The molecule has 0 aliphatic carbocycles. The van der Waals surface area contributed by atoms with Crippen molar-refractivity contribution in [1.29, 1.82) is 0 Å². The van der Waals surface area contributed by atoms with Gasteiger partial charge in [-0.3, -0.25) is 4.90 Å². The summed E-state index contributed by atoms with van der Waals surface area (Å²) in [7, 11) is 1.83. The number of benzene rings is 2. The van der Waals surface area contributed by atoms with Crippen LogP contribution in [0.4, 0.5) is 24.8 Å². The van der Waals surface area contributed by atoms with Crippen LogP contribution in [0.1, 0.15) is 12.0 Å². The van der Waals surface area contributed by atoms with Crippen molar-refractivity contribution < 1.29 is 22.6 Å². The fourth-order valence-corrected chi connectivity index (χ4v) is 3.43. The smallest absolute Gasteiger partial charge is 0.493 e. The number of fused-ring (bicyclic) bond motifs is 7. The molecule has 6 nitrogen and oxygen atoms in total. The summed E-state index contributed by atoms with van der Waals surface area (Å²) in [6.45, 7) is 1.32. The second-order valence-electron chi connectivity index (χ2n) is 7.59. The minimum absolute atomic E-state index is 0.238. The van der Waals surface area contributed by atoms with Gasteiger partial charge in [-0.1, -0.05) is 24.3 Å². The standard InChI is InChI=1S/C24H23F3N4O2/c1-31-12-3-2-4-13-32-20-7-5-6-17(15-20)21-10-11-28-23(30-21)29-19-8-9-22(18(14-19)16-31)33-24(25,26)27/h2-3,5-11,14-15H,4,12-13,16H2,1H3,(H,28,29,30)/b3-2-. The predicted octanol–water partition coefficient (Wildman–Crippen LogP) is 5.56. The van der Waals surface area contributed by atoms with Crippen LogP contribution in [0.5, 0.6) is 11.5 Å². The quantitative estimate of drug-likeness (QED) is 0.484. The molecule has 172 valence electrons. The highest BCUT2D eigenvalue weighted by atomic mass is 19.4. The van der Waals surface area contributed by atoms with Gasteiger partial charge in [0, 0.05) is 36.1 Å². The molecule has 0 saturated carbocycles. The Morgan fingerprint density at radius 2 is 1.97 bits per heavy atom. The van der Waals surface area contributed by atoms with Gasteiger partial charge in [-0.2, -0.15) is 0 Å². The minimum Gasteiger partial charge on any atom is -0.493 e. The SMILES string of the molecule is CN1C/C=C\CCOc2cccc(c2)-c2ccnc(n2)Nc2ccc(OC(F)(F)F)c(c2)C1. The predicted molar refractivity (Wildman–Crippen MR) is 119 cm³/mol. The highest BCUT2D eigenvalue weighted by molar-refractivity contribution is 5.64. The third kappa shape index (κ3) is 6.45. The lowest BCUT2D eigenvalue weighted by atomic mass is 10.1. The highest BCUT2D eigenvalue weighted by Crippen LogP contribution is 2.31. The Labute approximate surface area is 189 Å². The number of nitrogens with zero attached hydrogens (tertiary/aromatic N) is 3. The molecule has 0 radical (unpaired) electrons. The van der Waals surface area contributed by atoms with E-state index in [4.69, 9.17) is 4.74 Å². The van der Waals surface area contributed by atoms with E-state index in [1.165, 1.54) is 12.1 Å². The summed E-state index contributed by atoms with van der Waals surface area (Å²) in [5, 5.41) is 3.08. The average molecular weight is 456 g/mol. The van der Waals surface area contributed by atoms with Crippen LogP contribution >= 0.6 is 0 Å². The number of rotatable bonds is 1. The van der Waals surface area contributed by atoms with Crippen LogP contribution in [0, 0.1) is 0 Å². The van der Waals surface area contributed by atoms with Crippen molar-refractivity contribution in [3.05, 3.63) is 72.4 Å². The lowest BCUT2D eigenvalue weighted by molar-refractivity contribution is -0.275. The summed E-state index contributed by atoms with van der Waals surface area (Å²) in [5.74, 6) is 0.835. The lowest BCUT2D eigenvalue weighted by Crippen LogP contribution is -2.21. The summed E-state index contributed by atoms with van der Waals surface area (Å²) in [6.07, 6.45) is 1.51. The number of nitrogens with one attached hydrogen (secondary N) is 1. The van der Waals surface area contributed by atoms with Crippen molar-refractivity contribution in [3.63, 3.8) is 0 Å². The number of hydrogen-bond acceptors (Lipinski definition) is 6. The normalized spacial score (nSPS) is 16.0. The van der Waals surface area contributed by atoms with Gasteiger partial charge in [0.2, 0.25) is 5.95 Å². The van der Waals surface area contributed by atoms with Gasteiger partial charge in [-0.05, 0) is 49.9 Å². The van der Waals surface area contributed by atoms with E-state index >= 15 is 0 Å². The van der Waals surface area contributed by atoms with E-state index in [0.717, 1.165) is 11.3 Å². The molecule has 2 heterocycles. The Bertz CT molecular complexity index is 1130. The van der Waals surface area contributed by atoms with Crippen molar-refractivity contribution in [3.8, 4) is 22.8 Å². The number of aromatic nitrogens is 2. The molecule has 1 N–H and O–H groups in total. The van der Waals surface area contributed by atoms with Gasteiger partial charge in [0.25, 0.3) is 0 Å². The molecule has 1 aliphatic rings. The zero-order valence-electron chi connectivity index (χ0n) is 18.0. The van der Waals surface area contributed by atoms with Crippen LogP contribution < -0.4 is 14.8 Å². The van der Waals surface area contributed by atoms with Crippen molar-refractivity contribution in [2.45, 2.75) is 19.3 Å². The molecule has 0 amide bonds. The summed E-state index contributed by atoms with van der Waals surface area (Å²) in [4.78, 5) is 10.7. The van der Waals surface area contributed by atoms with Crippen molar-refractivity contribution in [1.82, 2.24) is 14.9 Å². The van der Waals surface area contributed by atoms with Gasteiger partial charge < -0.3 is 14.8 Å². The van der Waals surface area contributed by atoms with E-state index in [0.29, 0.717) is 42.5 Å². The minimum atomic E-state index is -4.78. The van der Waals surface area contributed by atoms with Crippen LogP contribution in [0.2, 0.25) is 0 Å². The number of ether oxygens (including phenoxy) is 2. The maximum Gasteiger partial charge on any atom is 0.573 e. The van der Waals surface area contributed by atoms with Gasteiger partial charge in [0.1, 0.15) is 11.5 Å². The molecule has 0 unspecified atom stereocenters. The van der Waals surface area contributed by atoms with Crippen LogP contribution in [-0.4, -0.2) is 41.4 Å². The Kier molecular flexibility index (Phi) is 6.79. The molecule has 33 heavy (non-hydrogen) atoms. The Morgan fingerprint density at radius 3 is 2.82 bits per heavy atom. The molecular weight excluding hydrogens is 433 g/mol. The Morgan fingerprint density at radius 1 is 1.09 bits per heavy atom. The fraction of sp³-hybridized carbons (Fsp3) is 0.250. The van der Waals surface area contributed by atoms with E-state index in [1.807, 2.05) is 48.4 Å². The first-order valence-electron chi connectivity index (χ1n) is 10.4. The zero-order chi connectivity index (χ0) is 23.3. The zero-order valence-corrected chi connectivity index (χ0v) is 18.0. The van der Waals surface area contributed by atoms with Crippen LogP contribution in [-0.2, 0) is 6.54 Å². The third-order valence-corrected chi connectivity index (χ3v) is 4.90. The molecule has 0 spiro atoms. The summed E-state index contributed by atoms with van der Waals surface area (Å²) >= 11 is 0. The first kappa shape index (κ1) is 22.6. The van der Waals surface area contributed by atoms with Gasteiger partial charge in [-0.25, -0.2) is 9.97 Å². The molecule has 1 aromatic heterocycles. The molecule has 0 atom stereocenters. The van der Waals surface area contributed by atoms with Gasteiger partial charge in [0.05, 0.1) is 12.3 Å². The lowest BCUT2D eigenvalue weighted by Gasteiger charge is -2.19. The molecule has 4 rings (SSSR count). The molecule has 6 bridgehead atoms. The molecule has 9 heteroatoms. The largest absolute Gasteiger partial charge is 0.573 e. The van der Waals surface area contributed by atoms with Crippen LogP contribution in [0.25, 0.3) is 11.3 Å². The number of anilines is 2. The summed E-state index contributed by atoms with van der Waals surface area (Å²) in [6, 6.07) is 13.8.